The van der Waals surface area contributed by atoms with E-state index in [1.807, 2.05) is 52.9 Å². The minimum absolute atomic E-state index is 0.131. The van der Waals surface area contributed by atoms with Gasteiger partial charge in [-0.1, -0.05) is 0 Å². The predicted octanol–water partition coefficient (Wildman–Crippen LogP) is 5.11. The van der Waals surface area contributed by atoms with Crippen LogP contribution in [0.1, 0.15) is 50.3 Å². The number of benzene rings is 1. The zero-order valence-corrected chi connectivity index (χ0v) is 20.4. The van der Waals surface area contributed by atoms with Crippen molar-refractivity contribution in [3.8, 4) is 11.1 Å². The van der Waals surface area contributed by atoms with Gasteiger partial charge in [-0.15, -0.1) is 0 Å². The highest BCUT2D eigenvalue weighted by molar-refractivity contribution is 5.73. The van der Waals surface area contributed by atoms with E-state index in [0.29, 0.717) is 19.5 Å². The monoisotopic (exact) mass is 465 g/mol. The lowest BCUT2D eigenvalue weighted by molar-refractivity contribution is -0.385. The second-order valence-electron chi connectivity index (χ2n) is 10.1. The molecule has 0 saturated carbocycles. The van der Waals surface area contributed by atoms with Crippen LogP contribution in [-0.4, -0.2) is 49.2 Å². The van der Waals surface area contributed by atoms with Crippen LogP contribution in [0.3, 0.4) is 0 Å². The van der Waals surface area contributed by atoms with Crippen molar-refractivity contribution < 1.29 is 14.5 Å². The van der Waals surface area contributed by atoms with E-state index in [1.54, 1.807) is 15.5 Å². The fourth-order valence-corrected chi connectivity index (χ4v) is 4.60. The SMILES string of the molecule is Cc1cc(CC2CCN(C(=O)OC(C)(C)C)CC2)c([N+](=O)[O-])cc1-c1cc(C)c2ncnn2c1. The van der Waals surface area contributed by atoms with Gasteiger partial charge in [0.2, 0.25) is 0 Å². The first-order chi connectivity index (χ1) is 16.0. The van der Waals surface area contributed by atoms with E-state index in [9.17, 15) is 14.9 Å². The highest BCUT2D eigenvalue weighted by Gasteiger charge is 2.28. The Morgan fingerprint density at radius 3 is 2.53 bits per heavy atom. The fraction of sp³-hybridized carbons (Fsp3) is 0.480. The number of hydrogen-bond acceptors (Lipinski definition) is 6. The van der Waals surface area contributed by atoms with Crippen LogP contribution in [-0.2, 0) is 11.2 Å². The molecule has 0 aliphatic carbocycles. The number of ether oxygens (including phenoxy) is 1. The van der Waals surface area contributed by atoms with Gasteiger partial charge in [0.05, 0.1) is 4.92 Å². The van der Waals surface area contributed by atoms with E-state index in [2.05, 4.69) is 10.1 Å². The summed E-state index contributed by atoms with van der Waals surface area (Å²) >= 11 is 0. The highest BCUT2D eigenvalue weighted by atomic mass is 16.6. The van der Waals surface area contributed by atoms with Crippen molar-refractivity contribution in [3.63, 3.8) is 0 Å². The summed E-state index contributed by atoms with van der Waals surface area (Å²) in [4.78, 5) is 30.0. The van der Waals surface area contributed by atoms with Gasteiger partial charge < -0.3 is 9.64 Å². The number of aryl methyl sites for hydroxylation is 2. The number of nitrogens with zero attached hydrogens (tertiary/aromatic N) is 5. The molecule has 34 heavy (non-hydrogen) atoms. The highest BCUT2D eigenvalue weighted by Crippen LogP contribution is 2.34. The van der Waals surface area contributed by atoms with Gasteiger partial charge in [0.15, 0.2) is 5.65 Å². The normalized spacial score (nSPS) is 15.0. The maximum absolute atomic E-state index is 12.3. The minimum Gasteiger partial charge on any atom is -0.444 e. The molecule has 9 nitrogen and oxygen atoms in total. The van der Waals surface area contributed by atoms with Gasteiger partial charge in [0, 0.05) is 36.5 Å². The second kappa shape index (κ2) is 9.04. The van der Waals surface area contributed by atoms with Crippen molar-refractivity contribution in [2.45, 2.75) is 59.5 Å². The summed E-state index contributed by atoms with van der Waals surface area (Å²) in [5.41, 5.74) is 4.73. The Morgan fingerprint density at radius 1 is 1.18 bits per heavy atom. The number of nitro benzene ring substituents is 1. The van der Waals surface area contributed by atoms with Crippen LogP contribution in [0.5, 0.6) is 0 Å². The molecule has 1 aliphatic rings. The zero-order chi connectivity index (χ0) is 24.6. The number of fused-ring (bicyclic) bond motifs is 1. The molecule has 0 unspecified atom stereocenters. The number of nitro groups is 1. The summed E-state index contributed by atoms with van der Waals surface area (Å²) in [5, 5.41) is 16.2. The zero-order valence-electron chi connectivity index (χ0n) is 20.4. The quantitative estimate of drug-likeness (QED) is 0.392. The van der Waals surface area contributed by atoms with Gasteiger partial charge in [-0.25, -0.2) is 14.3 Å². The Balaban J connectivity index is 1.54. The van der Waals surface area contributed by atoms with Gasteiger partial charge in [0.1, 0.15) is 11.9 Å². The first-order valence-corrected chi connectivity index (χ1v) is 11.6. The Bertz CT molecular complexity index is 1240. The standard InChI is InChI=1S/C25H31N5O4/c1-16-10-19(12-18-6-8-28(9-7-18)24(31)34-25(3,4)5)22(30(32)33)13-21(16)20-11-17(2)23-26-15-27-29(23)14-20/h10-11,13-15,18H,6-9,12H2,1-5H3. The van der Waals surface area contributed by atoms with Gasteiger partial charge in [-0.2, -0.15) is 5.10 Å². The molecule has 4 rings (SSSR count). The number of amides is 1. The Hall–Kier alpha value is -3.49. The Morgan fingerprint density at radius 2 is 1.88 bits per heavy atom. The molecule has 1 saturated heterocycles. The molecule has 1 aromatic carbocycles. The molecule has 0 radical (unpaired) electrons. The predicted molar refractivity (Wildman–Crippen MR) is 129 cm³/mol. The molecule has 1 fully saturated rings. The molecule has 9 heteroatoms. The molecule has 0 atom stereocenters. The molecular formula is C25H31N5O4. The lowest BCUT2D eigenvalue weighted by Gasteiger charge is -2.33. The van der Waals surface area contributed by atoms with E-state index < -0.39 is 5.60 Å². The molecule has 1 amide bonds. The molecule has 1 aliphatic heterocycles. The lowest BCUT2D eigenvalue weighted by Crippen LogP contribution is -2.42. The Labute approximate surface area is 198 Å². The van der Waals surface area contributed by atoms with Gasteiger partial charge in [-0.05, 0) is 88.6 Å². The first-order valence-electron chi connectivity index (χ1n) is 11.6. The Kier molecular flexibility index (Phi) is 6.29. The topological polar surface area (TPSA) is 103 Å². The van der Waals surface area contributed by atoms with Gasteiger partial charge in [0.25, 0.3) is 5.69 Å². The number of hydrogen-bond donors (Lipinski definition) is 0. The molecular weight excluding hydrogens is 434 g/mol. The number of aromatic nitrogens is 3. The first kappa shape index (κ1) is 23.7. The third kappa shape index (κ3) is 5.03. The molecule has 3 aromatic rings. The molecule has 3 heterocycles. The van der Waals surface area contributed by atoms with Crippen LogP contribution in [0.4, 0.5) is 10.5 Å². The van der Waals surface area contributed by atoms with Crippen LogP contribution >= 0.6 is 0 Å². The third-order valence-corrected chi connectivity index (χ3v) is 6.27. The molecule has 0 N–H and O–H groups in total. The molecule has 2 aromatic heterocycles. The average molecular weight is 466 g/mol. The smallest absolute Gasteiger partial charge is 0.410 e. The van der Waals surface area contributed by atoms with Gasteiger partial charge in [-0.3, -0.25) is 10.1 Å². The second-order valence-corrected chi connectivity index (χ2v) is 10.1. The van der Waals surface area contributed by atoms with E-state index in [-0.39, 0.29) is 22.6 Å². The summed E-state index contributed by atoms with van der Waals surface area (Å²) in [6.45, 7) is 10.7. The minimum atomic E-state index is -0.523. The van der Waals surface area contributed by atoms with Crippen molar-refractivity contribution >= 4 is 17.4 Å². The summed E-state index contributed by atoms with van der Waals surface area (Å²) in [6.07, 6.45) is 5.25. The molecule has 0 spiro atoms. The lowest BCUT2D eigenvalue weighted by atomic mass is 9.87. The maximum Gasteiger partial charge on any atom is 0.410 e. The van der Waals surface area contributed by atoms with E-state index in [4.69, 9.17) is 4.74 Å². The van der Waals surface area contributed by atoms with Crippen LogP contribution < -0.4 is 0 Å². The number of carbonyl (C=O) groups excluding carboxylic acids is 1. The third-order valence-electron chi connectivity index (χ3n) is 6.27. The number of likely N-dealkylation sites (tertiary alicyclic amines) is 1. The van der Waals surface area contributed by atoms with E-state index in [0.717, 1.165) is 46.3 Å². The van der Waals surface area contributed by atoms with Crippen molar-refractivity contribution in [3.05, 3.63) is 57.5 Å². The fourth-order valence-electron chi connectivity index (χ4n) is 4.60. The van der Waals surface area contributed by atoms with Crippen LogP contribution in [0.25, 0.3) is 16.8 Å². The summed E-state index contributed by atoms with van der Waals surface area (Å²) in [7, 11) is 0. The summed E-state index contributed by atoms with van der Waals surface area (Å²) in [6, 6.07) is 5.61. The van der Waals surface area contributed by atoms with Crippen molar-refractivity contribution in [1.82, 2.24) is 19.5 Å². The van der Waals surface area contributed by atoms with Crippen LogP contribution in [0.15, 0.2) is 30.7 Å². The van der Waals surface area contributed by atoms with Crippen molar-refractivity contribution in [1.29, 1.82) is 0 Å². The molecule has 180 valence electrons. The maximum atomic E-state index is 12.3. The summed E-state index contributed by atoms with van der Waals surface area (Å²) in [5.74, 6) is 0.274. The largest absolute Gasteiger partial charge is 0.444 e. The number of rotatable bonds is 4. The van der Waals surface area contributed by atoms with Crippen LogP contribution in [0.2, 0.25) is 0 Å². The van der Waals surface area contributed by atoms with E-state index in [1.165, 1.54) is 6.33 Å². The van der Waals surface area contributed by atoms with Crippen LogP contribution in [0, 0.1) is 29.9 Å². The average Bonchev–Trinajstić information content (AvgIpc) is 3.22. The van der Waals surface area contributed by atoms with Crippen molar-refractivity contribution in [2.24, 2.45) is 5.92 Å². The number of piperidine rings is 1. The molecule has 0 bridgehead atoms. The van der Waals surface area contributed by atoms with Crippen molar-refractivity contribution in [2.75, 3.05) is 13.1 Å². The summed E-state index contributed by atoms with van der Waals surface area (Å²) < 4.78 is 7.17. The number of carbonyl (C=O) groups is 1. The van der Waals surface area contributed by atoms with Gasteiger partial charge >= 0.3 is 6.09 Å². The van der Waals surface area contributed by atoms with E-state index >= 15 is 0 Å². The number of pyridine rings is 1.